The molecular formula is C22H24F6N4O3S. The van der Waals surface area contributed by atoms with E-state index in [0.717, 1.165) is 11.3 Å². The van der Waals surface area contributed by atoms with Gasteiger partial charge < -0.3 is 15.3 Å². The Labute approximate surface area is 203 Å². The van der Waals surface area contributed by atoms with Crippen LogP contribution < -0.4 is 10.2 Å². The third-order valence-electron chi connectivity index (χ3n) is 6.64. The Morgan fingerprint density at radius 2 is 1.83 bits per heavy atom. The molecular weight excluding hydrogens is 514 g/mol. The van der Waals surface area contributed by atoms with Crippen molar-refractivity contribution >= 4 is 27.3 Å². The molecule has 7 nitrogen and oxygen atoms in total. The van der Waals surface area contributed by atoms with Crippen molar-refractivity contribution < 1.29 is 39.9 Å². The van der Waals surface area contributed by atoms with Gasteiger partial charge in [-0.25, -0.2) is 13.4 Å². The molecule has 2 aliphatic rings. The van der Waals surface area contributed by atoms with E-state index in [1.54, 1.807) is 6.92 Å². The molecule has 0 bridgehead atoms. The molecule has 2 aromatic rings. The van der Waals surface area contributed by atoms with Gasteiger partial charge in [0.25, 0.3) is 0 Å². The average molecular weight is 539 g/mol. The molecule has 198 valence electrons. The summed E-state index contributed by atoms with van der Waals surface area (Å²) in [5.74, 6) is -1.11. The SMILES string of the molecule is Cc1cc(S(=O)(=O)C2CCC2)ccc1Nc1ncc(C(F)(F)F)c(N2CCCC(O)(C(F)(F)F)C2)n1. The Hall–Kier alpha value is -2.61. The number of aromatic nitrogens is 2. The highest BCUT2D eigenvalue weighted by atomic mass is 32.2. The normalized spacial score (nSPS) is 21.8. The van der Waals surface area contributed by atoms with Crippen molar-refractivity contribution in [3.05, 3.63) is 35.5 Å². The van der Waals surface area contributed by atoms with Crippen LogP contribution in [0.3, 0.4) is 0 Å². The molecule has 2 N–H and O–H groups in total. The molecule has 0 amide bonds. The molecule has 2 heterocycles. The van der Waals surface area contributed by atoms with Crippen LogP contribution in [0.5, 0.6) is 0 Å². The summed E-state index contributed by atoms with van der Waals surface area (Å²) in [6.45, 7) is 0.314. The fourth-order valence-electron chi connectivity index (χ4n) is 4.27. The van der Waals surface area contributed by atoms with Crippen molar-refractivity contribution in [1.82, 2.24) is 9.97 Å². The molecule has 2 fully saturated rings. The van der Waals surface area contributed by atoms with Crippen LogP contribution in [0.15, 0.2) is 29.3 Å². The van der Waals surface area contributed by atoms with E-state index in [0.29, 0.717) is 30.3 Å². The van der Waals surface area contributed by atoms with Crippen molar-refractivity contribution in [2.24, 2.45) is 0 Å². The molecule has 1 unspecified atom stereocenters. The minimum Gasteiger partial charge on any atom is -0.379 e. The van der Waals surface area contributed by atoms with E-state index < -0.39 is 57.4 Å². The summed E-state index contributed by atoms with van der Waals surface area (Å²) in [6, 6.07) is 4.25. The number of alkyl halides is 6. The van der Waals surface area contributed by atoms with Crippen LogP contribution in [0, 0.1) is 6.92 Å². The van der Waals surface area contributed by atoms with Crippen molar-refractivity contribution in [2.75, 3.05) is 23.3 Å². The first kappa shape index (κ1) is 26.5. The largest absolute Gasteiger partial charge is 0.421 e. The van der Waals surface area contributed by atoms with E-state index in [1.165, 1.54) is 18.2 Å². The van der Waals surface area contributed by atoms with Crippen LogP contribution in [0.4, 0.5) is 43.8 Å². The lowest BCUT2D eigenvalue weighted by atomic mass is 9.92. The number of rotatable bonds is 5. The second kappa shape index (κ2) is 9.05. The molecule has 0 radical (unpaired) electrons. The predicted octanol–water partition coefficient (Wildman–Crippen LogP) is 4.77. The molecule has 4 rings (SSSR count). The summed E-state index contributed by atoms with van der Waals surface area (Å²) in [4.78, 5) is 8.41. The van der Waals surface area contributed by atoms with Crippen LogP contribution in [0.25, 0.3) is 0 Å². The van der Waals surface area contributed by atoms with E-state index in [-0.39, 0.29) is 23.8 Å². The smallest absolute Gasteiger partial charge is 0.379 e. The molecule has 36 heavy (non-hydrogen) atoms. The maximum Gasteiger partial charge on any atom is 0.421 e. The zero-order valence-electron chi connectivity index (χ0n) is 19.1. The van der Waals surface area contributed by atoms with Gasteiger partial charge in [0.1, 0.15) is 11.4 Å². The number of aliphatic hydroxyl groups is 1. The summed E-state index contributed by atoms with van der Waals surface area (Å²) in [5, 5.41) is 12.4. The Kier molecular flexibility index (Phi) is 6.65. The van der Waals surface area contributed by atoms with Gasteiger partial charge >= 0.3 is 12.4 Å². The predicted molar refractivity (Wildman–Crippen MR) is 119 cm³/mol. The van der Waals surface area contributed by atoms with Gasteiger partial charge in [0.15, 0.2) is 15.4 Å². The maximum absolute atomic E-state index is 13.6. The lowest BCUT2D eigenvalue weighted by molar-refractivity contribution is -0.261. The van der Waals surface area contributed by atoms with Gasteiger partial charge in [-0.05, 0) is 56.4 Å². The Bertz CT molecular complexity index is 1250. The number of nitrogens with zero attached hydrogens (tertiary/aromatic N) is 3. The number of nitrogens with one attached hydrogen (secondary N) is 1. The van der Waals surface area contributed by atoms with E-state index >= 15 is 0 Å². The molecule has 1 aromatic carbocycles. The first-order valence-corrected chi connectivity index (χ1v) is 12.8. The number of hydrogen-bond donors (Lipinski definition) is 2. The lowest BCUT2D eigenvalue weighted by Crippen LogP contribution is -2.57. The Balaban J connectivity index is 1.65. The number of β-amino-alcohol motifs (C(OH)–C–C–N with tert-alkyl or cyclic N) is 1. The molecule has 1 aromatic heterocycles. The highest BCUT2D eigenvalue weighted by molar-refractivity contribution is 7.92. The van der Waals surface area contributed by atoms with Crippen molar-refractivity contribution in [2.45, 2.75) is 67.1 Å². The number of aryl methyl sites for hydroxylation is 1. The summed E-state index contributed by atoms with van der Waals surface area (Å²) in [6.07, 6.45) is -8.33. The minimum atomic E-state index is -5.03. The zero-order valence-corrected chi connectivity index (χ0v) is 19.9. The second-order valence-corrected chi connectivity index (χ2v) is 11.4. The van der Waals surface area contributed by atoms with Crippen molar-refractivity contribution in [3.8, 4) is 0 Å². The van der Waals surface area contributed by atoms with E-state index in [1.807, 2.05) is 0 Å². The number of anilines is 3. The fourth-order valence-corrected chi connectivity index (χ4v) is 6.21. The highest BCUT2D eigenvalue weighted by Crippen LogP contribution is 2.42. The van der Waals surface area contributed by atoms with Crippen LogP contribution in [-0.2, 0) is 16.0 Å². The number of piperidine rings is 1. The average Bonchev–Trinajstić information content (AvgIpc) is 2.72. The van der Waals surface area contributed by atoms with Crippen molar-refractivity contribution in [1.29, 1.82) is 0 Å². The van der Waals surface area contributed by atoms with Crippen LogP contribution in [0.2, 0.25) is 0 Å². The summed E-state index contributed by atoms with van der Waals surface area (Å²) in [5.41, 5.74) is -3.73. The quantitative estimate of drug-likeness (QED) is 0.530. The van der Waals surface area contributed by atoms with E-state index in [9.17, 15) is 39.9 Å². The standard InChI is InChI=1S/C22H24F6N4O3S/c1-13-10-15(36(34,35)14-4-2-5-14)6-7-17(13)30-19-29-11-16(21(23,24)25)18(31-19)32-9-3-8-20(33,12-32)22(26,27)28/h6-7,10-11,14,33H,2-5,8-9,12H2,1H3,(H,29,30,31). The number of halogens is 6. The van der Waals surface area contributed by atoms with Gasteiger partial charge in [-0.2, -0.15) is 31.3 Å². The molecule has 0 spiro atoms. The van der Waals surface area contributed by atoms with Gasteiger partial charge in [0.2, 0.25) is 5.95 Å². The number of hydrogen-bond acceptors (Lipinski definition) is 7. The monoisotopic (exact) mass is 538 g/mol. The van der Waals surface area contributed by atoms with Gasteiger partial charge in [0.05, 0.1) is 16.7 Å². The molecule has 1 saturated heterocycles. The Morgan fingerprint density at radius 3 is 2.39 bits per heavy atom. The van der Waals surface area contributed by atoms with Gasteiger partial charge in [-0.15, -0.1) is 0 Å². The lowest BCUT2D eigenvalue weighted by Gasteiger charge is -2.41. The number of benzene rings is 1. The number of sulfone groups is 1. The fraction of sp³-hybridized carbons (Fsp3) is 0.545. The van der Waals surface area contributed by atoms with Gasteiger partial charge in [-0.1, -0.05) is 6.42 Å². The zero-order chi connectivity index (χ0) is 26.5. The first-order chi connectivity index (χ1) is 16.6. The van der Waals surface area contributed by atoms with Crippen LogP contribution >= 0.6 is 0 Å². The van der Waals surface area contributed by atoms with Crippen LogP contribution in [0.1, 0.15) is 43.2 Å². The molecule has 1 aliphatic carbocycles. The molecule has 14 heteroatoms. The maximum atomic E-state index is 13.6. The highest BCUT2D eigenvalue weighted by Gasteiger charge is 2.56. The third kappa shape index (κ3) is 4.97. The first-order valence-electron chi connectivity index (χ1n) is 11.2. The second-order valence-electron chi connectivity index (χ2n) is 9.18. The molecule has 1 aliphatic heterocycles. The minimum absolute atomic E-state index is 0.129. The van der Waals surface area contributed by atoms with E-state index in [4.69, 9.17) is 0 Å². The van der Waals surface area contributed by atoms with E-state index in [2.05, 4.69) is 15.3 Å². The molecule has 1 atom stereocenters. The topological polar surface area (TPSA) is 95.4 Å². The summed E-state index contributed by atoms with van der Waals surface area (Å²) >= 11 is 0. The van der Waals surface area contributed by atoms with Gasteiger partial charge in [-0.3, -0.25) is 0 Å². The Morgan fingerprint density at radius 1 is 1.14 bits per heavy atom. The van der Waals surface area contributed by atoms with Gasteiger partial charge in [0, 0.05) is 18.4 Å². The third-order valence-corrected chi connectivity index (χ3v) is 8.90. The summed E-state index contributed by atoms with van der Waals surface area (Å²) in [7, 11) is -3.49. The van der Waals surface area contributed by atoms with Crippen molar-refractivity contribution in [3.63, 3.8) is 0 Å². The molecule has 1 saturated carbocycles. The van der Waals surface area contributed by atoms with Crippen LogP contribution in [-0.4, -0.2) is 53.6 Å². The summed E-state index contributed by atoms with van der Waals surface area (Å²) < 4.78 is 106.